The van der Waals surface area contributed by atoms with Gasteiger partial charge < -0.3 is 10.1 Å². The molecule has 0 saturated heterocycles. The van der Waals surface area contributed by atoms with E-state index in [1.165, 1.54) is 0 Å². The summed E-state index contributed by atoms with van der Waals surface area (Å²) in [5.74, 6) is 0.985. The van der Waals surface area contributed by atoms with Gasteiger partial charge in [-0.1, -0.05) is 0 Å². The molecule has 1 unspecified atom stereocenters. The smallest absolute Gasteiger partial charge is 0.176 e. The van der Waals surface area contributed by atoms with Crippen LogP contribution < -0.4 is 10.1 Å². The molecule has 86 valence electrons. The van der Waals surface area contributed by atoms with E-state index in [0.717, 1.165) is 27.8 Å². The van der Waals surface area contributed by atoms with Crippen LogP contribution in [0.3, 0.4) is 0 Å². The average Bonchev–Trinajstić information content (AvgIpc) is 2.59. The Balaban J connectivity index is 2.34. The molecule has 4 heteroatoms. The first kappa shape index (κ1) is 11.6. The zero-order valence-electron chi connectivity index (χ0n) is 9.34. The third kappa shape index (κ3) is 2.13. The Morgan fingerprint density at radius 1 is 1.62 bits per heavy atom. The molecule has 2 rings (SSSR count). The summed E-state index contributed by atoms with van der Waals surface area (Å²) in [5, 5.41) is 2.87. The third-order valence-electron chi connectivity index (χ3n) is 2.61. The van der Waals surface area contributed by atoms with Gasteiger partial charge in [-0.2, -0.15) is 0 Å². The molecule has 0 saturated carbocycles. The SMILES string of the molecule is CNCC(=O)c1cc(Br)c2c(c1)CC(C)O2. The van der Waals surface area contributed by atoms with E-state index >= 15 is 0 Å². The van der Waals surface area contributed by atoms with Gasteiger partial charge in [-0.05, 0) is 47.6 Å². The van der Waals surface area contributed by atoms with Crippen LogP contribution in [-0.4, -0.2) is 25.5 Å². The van der Waals surface area contributed by atoms with Crippen LogP contribution in [0.4, 0.5) is 0 Å². The minimum absolute atomic E-state index is 0.102. The van der Waals surface area contributed by atoms with Crippen LogP contribution in [0.5, 0.6) is 5.75 Å². The molecule has 1 aromatic rings. The van der Waals surface area contributed by atoms with E-state index in [9.17, 15) is 4.79 Å². The molecule has 0 radical (unpaired) electrons. The number of halogens is 1. The van der Waals surface area contributed by atoms with E-state index in [1.54, 1.807) is 7.05 Å². The molecule has 0 fully saturated rings. The Kier molecular flexibility index (Phi) is 3.30. The summed E-state index contributed by atoms with van der Waals surface area (Å²) in [5.41, 5.74) is 1.85. The Morgan fingerprint density at radius 3 is 3.06 bits per heavy atom. The number of fused-ring (bicyclic) bond motifs is 1. The van der Waals surface area contributed by atoms with Crippen molar-refractivity contribution in [3.63, 3.8) is 0 Å². The molecule has 1 aliphatic rings. The first-order valence-electron chi connectivity index (χ1n) is 5.28. The van der Waals surface area contributed by atoms with Crippen LogP contribution in [0.15, 0.2) is 16.6 Å². The molecule has 1 aromatic carbocycles. The van der Waals surface area contributed by atoms with Crippen molar-refractivity contribution in [1.82, 2.24) is 5.32 Å². The van der Waals surface area contributed by atoms with Gasteiger partial charge in [0.05, 0.1) is 11.0 Å². The number of ketones is 1. The second-order valence-electron chi connectivity index (χ2n) is 4.03. The molecule has 0 amide bonds. The highest BCUT2D eigenvalue weighted by Crippen LogP contribution is 2.37. The van der Waals surface area contributed by atoms with Crippen molar-refractivity contribution in [3.05, 3.63) is 27.7 Å². The Labute approximate surface area is 103 Å². The standard InChI is InChI=1S/C12H14BrNO2/c1-7-3-9-4-8(11(15)6-14-2)5-10(13)12(9)16-7/h4-5,7,14H,3,6H2,1-2H3. The third-order valence-corrected chi connectivity index (χ3v) is 3.20. The van der Waals surface area contributed by atoms with Crippen LogP contribution in [0.1, 0.15) is 22.8 Å². The maximum atomic E-state index is 11.8. The minimum atomic E-state index is 0.102. The minimum Gasteiger partial charge on any atom is -0.489 e. The van der Waals surface area contributed by atoms with E-state index in [0.29, 0.717) is 6.54 Å². The number of carbonyl (C=O) groups excluding carboxylic acids is 1. The zero-order valence-corrected chi connectivity index (χ0v) is 10.9. The zero-order chi connectivity index (χ0) is 11.7. The van der Waals surface area contributed by atoms with Crippen LogP contribution in [0.25, 0.3) is 0 Å². The fourth-order valence-corrected chi connectivity index (χ4v) is 2.50. The predicted molar refractivity (Wildman–Crippen MR) is 66.2 cm³/mol. The molecule has 1 aliphatic heterocycles. The van der Waals surface area contributed by atoms with Crippen molar-refractivity contribution in [2.45, 2.75) is 19.4 Å². The molecule has 0 aromatic heterocycles. The Bertz CT molecular complexity index is 431. The number of Topliss-reactive ketones (excluding diaryl/α,β-unsaturated/α-hetero) is 1. The van der Waals surface area contributed by atoms with Crippen LogP contribution in [0.2, 0.25) is 0 Å². The van der Waals surface area contributed by atoms with E-state index in [-0.39, 0.29) is 11.9 Å². The Hall–Kier alpha value is -0.870. The first-order chi connectivity index (χ1) is 7.61. The topological polar surface area (TPSA) is 38.3 Å². The number of hydrogen-bond donors (Lipinski definition) is 1. The number of hydrogen-bond acceptors (Lipinski definition) is 3. The average molecular weight is 284 g/mol. The number of benzene rings is 1. The van der Waals surface area contributed by atoms with Gasteiger partial charge in [-0.15, -0.1) is 0 Å². The fourth-order valence-electron chi connectivity index (χ4n) is 1.91. The van der Waals surface area contributed by atoms with Gasteiger partial charge >= 0.3 is 0 Å². The van der Waals surface area contributed by atoms with E-state index in [2.05, 4.69) is 21.2 Å². The summed E-state index contributed by atoms with van der Waals surface area (Å²) in [7, 11) is 1.77. The number of carbonyl (C=O) groups is 1. The Morgan fingerprint density at radius 2 is 2.38 bits per heavy atom. The molecule has 0 bridgehead atoms. The first-order valence-corrected chi connectivity index (χ1v) is 6.08. The molecular formula is C12H14BrNO2. The van der Waals surface area contributed by atoms with Gasteiger partial charge in [-0.25, -0.2) is 0 Å². The fraction of sp³-hybridized carbons (Fsp3) is 0.417. The van der Waals surface area contributed by atoms with Gasteiger partial charge in [0, 0.05) is 12.0 Å². The lowest BCUT2D eigenvalue weighted by molar-refractivity contribution is 0.0993. The lowest BCUT2D eigenvalue weighted by atomic mass is 10.0. The number of rotatable bonds is 3. The molecular weight excluding hydrogens is 270 g/mol. The molecule has 3 nitrogen and oxygen atoms in total. The highest BCUT2D eigenvalue weighted by Gasteiger charge is 2.23. The molecule has 16 heavy (non-hydrogen) atoms. The molecule has 1 atom stereocenters. The van der Waals surface area contributed by atoms with E-state index in [4.69, 9.17) is 4.74 Å². The summed E-state index contributed by atoms with van der Waals surface area (Å²) in [6, 6.07) is 3.76. The summed E-state index contributed by atoms with van der Waals surface area (Å²) < 4.78 is 6.53. The second-order valence-corrected chi connectivity index (χ2v) is 4.89. The molecule has 0 aliphatic carbocycles. The van der Waals surface area contributed by atoms with Crippen LogP contribution >= 0.6 is 15.9 Å². The second kappa shape index (κ2) is 4.55. The number of ether oxygens (including phenoxy) is 1. The summed E-state index contributed by atoms with van der Waals surface area (Å²) >= 11 is 3.45. The highest BCUT2D eigenvalue weighted by molar-refractivity contribution is 9.10. The number of nitrogens with one attached hydrogen (secondary N) is 1. The van der Waals surface area contributed by atoms with Crippen molar-refractivity contribution in [2.75, 3.05) is 13.6 Å². The summed E-state index contributed by atoms with van der Waals surface area (Å²) in [4.78, 5) is 11.8. The quantitative estimate of drug-likeness (QED) is 0.865. The van der Waals surface area contributed by atoms with Gasteiger partial charge in [-0.3, -0.25) is 4.79 Å². The normalized spacial score (nSPS) is 18.1. The molecule has 1 heterocycles. The maximum absolute atomic E-state index is 11.8. The van der Waals surface area contributed by atoms with Gasteiger partial charge in [0.1, 0.15) is 11.9 Å². The lowest BCUT2D eigenvalue weighted by Crippen LogP contribution is -2.18. The lowest BCUT2D eigenvalue weighted by Gasteiger charge is -2.06. The molecule has 1 N–H and O–H groups in total. The monoisotopic (exact) mass is 283 g/mol. The van der Waals surface area contributed by atoms with Crippen molar-refractivity contribution in [1.29, 1.82) is 0 Å². The summed E-state index contributed by atoms with van der Waals surface area (Å²) in [6.45, 7) is 2.39. The van der Waals surface area contributed by atoms with Crippen molar-refractivity contribution in [3.8, 4) is 5.75 Å². The largest absolute Gasteiger partial charge is 0.489 e. The van der Waals surface area contributed by atoms with Gasteiger partial charge in [0.15, 0.2) is 5.78 Å². The number of likely N-dealkylation sites (N-methyl/N-ethyl adjacent to an activating group) is 1. The van der Waals surface area contributed by atoms with E-state index in [1.807, 2.05) is 19.1 Å². The van der Waals surface area contributed by atoms with Gasteiger partial charge in [0.2, 0.25) is 0 Å². The van der Waals surface area contributed by atoms with Gasteiger partial charge in [0.25, 0.3) is 0 Å². The molecule has 0 spiro atoms. The van der Waals surface area contributed by atoms with Crippen LogP contribution in [0, 0.1) is 0 Å². The van der Waals surface area contributed by atoms with Crippen molar-refractivity contribution >= 4 is 21.7 Å². The van der Waals surface area contributed by atoms with Crippen molar-refractivity contribution < 1.29 is 9.53 Å². The highest BCUT2D eigenvalue weighted by atomic mass is 79.9. The van der Waals surface area contributed by atoms with Crippen LogP contribution in [-0.2, 0) is 6.42 Å². The maximum Gasteiger partial charge on any atom is 0.176 e. The summed E-state index contributed by atoms with van der Waals surface area (Å²) in [6.07, 6.45) is 1.06. The van der Waals surface area contributed by atoms with Crippen molar-refractivity contribution in [2.24, 2.45) is 0 Å². The van der Waals surface area contributed by atoms with E-state index < -0.39 is 0 Å². The predicted octanol–water partition coefficient (Wildman–Crippen LogP) is 2.17.